The molecule has 1 saturated heterocycles. The van der Waals surface area contributed by atoms with Gasteiger partial charge in [-0.05, 0) is 50.8 Å². The van der Waals surface area contributed by atoms with Gasteiger partial charge in [-0.25, -0.2) is 8.78 Å². The minimum absolute atomic E-state index is 0.207. The van der Waals surface area contributed by atoms with Crippen LogP contribution in [0.4, 0.5) is 8.78 Å². The first kappa shape index (κ1) is 15.8. The first-order valence-corrected chi connectivity index (χ1v) is 8.10. The molecule has 3 rings (SSSR count). The highest BCUT2D eigenvalue weighted by molar-refractivity contribution is 5.21. The molecule has 2 aliphatic rings. The van der Waals surface area contributed by atoms with Crippen LogP contribution in [0, 0.1) is 11.6 Å². The summed E-state index contributed by atoms with van der Waals surface area (Å²) in [6.07, 6.45) is 2.81. The molecule has 2 fully saturated rings. The van der Waals surface area contributed by atoms with E-state index in [0.29, 0.717) is 17.6 Å². The lowest BCUT2D eigenvalue weighted by atomic mass is 10.0. The van der Waals surface area contributed by atoms with Gasteiger partial charge in [0.15, 0.2) is 11.6 Å². The molecule has 3 nitrogen and oxygen atoms in total. The maximum atomic E-state index is 13.3. The van der Waals surface area contributed by atoms with Gasteiger partial charge < -0.3 is 10.4 Å². The Hall–Kier alpha value is -1.04. The van der Waals surface area contributed by atoms with Crippen molar-refractivity contribution in [1.82, 2.24) is 10.2 Å². The quantitative estimate of drug-likeness (QED) is 0.877. The fraction of sp³-hybridized carbons (Fsp3) is 0.647. The number of nitrogens with one attached hydrogen (secondary N) is 1. The Morgan fingerprint density at radius 2 is 2.00 bits per heavy atom. The SMILES string of the molecule is CC(NC1CC(C)N(C2CC2)C1)C(O)c1ccc(F)c(F)c1. The lowest BCUT2D eigenvalue weighted by Crippen LogP contribution is -2.42. The Morgan fingerprint density at radius 3 is 2.64 bits per heavy atom. The van der Waals surface area contributed by atoms with Crippen molar-refractivity contribution in [3.8, 4) is 0 Å². The Bertz CT molecular complexity index is 535. The van der Waals surface area contributed by atoms with Crippen LogP contribution in [-0.2, 0) is 0 Å². The molecule has 4 atom stereocenters. The molecule has 5 heteroatoms. The summed E-state index contributed by atoms with van der Waals surface area (Å²) in [5.41, 5.74) is 0.406. The molecule has 1 heterocycles. The van der Waals surface area contributed by atoms with Crippen molar-refractivity contribution >= 4 is 0 Å². The van der Waals surface area contributed by atoms with E-state index < -0.39 is 17.7 Å². The van der Waals surface area contributed by atoms with E-state index in [0.717, 1.165) is 31.1 Å². The number of hydrogen-bond acceptors (Lipinski definition) is 3. The van der Waals surface area contributed by atoms with Gasteiger partial charge in [0.25, 0.3) is 0 Å². The van der Waals surface area contributed by atoms with E-state index in [1.54, 1.807) is 0 Å². The molecular weight excluding hydrogens is 286 g/mol. The molecule has 0 bridgehead atoms. The Balaban J connectivity index is 1.59. The average molecular weight is 310 g/mol. The van der Waals surface area contributed by atoms with Crippen molar-refractivity contribution in [1.29, 1.82) is 0 Å². The topological polar surface area (TPSA) is 35.5 Å². The number of benzene rings is 1. The number of aliphatic hydroxyl groups excluding tert-OH is 1. The van der Waals surface area contributed by atoms with E-state index in [4.69, 9.17) is 0 Å². The average Bonchev–Trinajstić information content (AvgIpc) is 3.25. The van der Waals surface area contributed by atoms with Crippen molar-refractivity contribution in [3.63, 3.8) is 0 Å². The highest BCUT2D eigenvalue weighted by atomic mass is 19.2. The minimum Gasteiger partial charge on any atom is -0.387 e. The fourth-order valence-corrected chi connectivity index (χ4v) is 3.54. The molecule has 0 amide bonds. The van der Waals surface area contributed by atoms with Crippen LogP contribution in [0.3, 0.4) is 0 Å². The van der Waals surface area contributed by atoms with Crippen molar-refractivity contribution in [3.05, 3.63) is 35.4 Å². The normalized spacial score (nSPS) is 28.8. The van der Waals surface area contributed by atoms with E-state index in [1.165, 1.54) is 18.9 Å². The molecule has 1 aliphatic carbocycles. The Morgan fingerprint density at radius 1 is 1.27 bits per heavy atom. The molecule has 2 N–H and O–H groups in total. The molecule has 122 valence electrons. The zero-order valence-electron chi connectivity index (χ0n) is 13.1. The first-order valence-electron chi connectivity index (χ1n) is 8.10. The lowest BCUT2D eigenvalue weighted by molar-refractivity contribution is 0.129. The monoisotopic (exact) mass is 310 g/mol. The van der Waals surface area contributed by atoms with E-state index in [2.05, 4.69) is 17.1 Å². The summed E-state index contributed by atoms with van der Waals surface area (Å²) in [6, 6.07) is 5.02. The van der Waals surface area contributed by atoms with Crippen LogP contribution in [0.15, 0.2) is 18.2 Å². The minimum atomic E-state index is -0.918. The first-order chi connectivity index (χ1) is 10.5. The van der Waals surface area contributed by atoms with Crippen molar-refractivity contribution < 1.29 is 13.9 Å². The smallest absolute Gasteiger partial charge is 0.159 e. The van der Waals surface area contributed by atoms with Crippen LogP contribution in [0.5, 0.6) is 0 Å². The van der Waals surface area contributed by atoms with Gasteiger partial charge in [0.2, 0.25) is 0 Å². The maximum absolute atomic E-state index is 13.3. The zero-order valence-corrected chi connectivity index (χ0v) is 13.1. The molecule has 0 aromatic heterocycles. The van der Waals surface area contributed by atoms with E-state index in [9.17, 15) is 13.9 Å². The number of hydrogen-bond donors (Lipinski definition) is 2. The summed E-state index contributed by atoms with van der Waals surface area (Å²) in [5.74, 6) is -1.81. The third-order valence-corrected chi connectivity index (χ3v) is 4.90. The van der Waals surface area contributed by atoms with Gasteiger partial charge >= 0.3 is 0 Å². The van der Waals surface area contributed by atoms with Crippen LogP contribution in [0.2, 0.25) is 0 Å². The van der Waals surface area contributed by atoms with Crippen molar-refractivity contribution in [2.24, 2.45) is 0 Å². The number of likely N-dealkylation sites (tertiary alicyclic amines) is 1. The van der Waals surface area contributed by atoms with Gasteiger partial charge in [-0.2, -0.15) is 0 Å². The summed E-state index contributed by atoms with van der Waals surface area (Å²) in [5, 5.41) is 13.8. The highest BCUT2D eigenvalue weighted by Gasteiger charge is 2.39. The fourth-order valence-electron chi connectivity index (χ4n) is 3.54. The van der Waals surface area contributed by atoms with Crippen LogP contribution < -0.4 is 5.32 Å². The number of nitrogens with zero attached hydrogens (tertiary/aromatic N) is 1. The van der Waals surface area contributed by atoms with Gasteiger partial charge in [-0.15, -0.1) is 0 Å². The second-order valence-corrected chi connectivity index (χ2v) is 6.78. The molecule has 0 spiro atoms. The Kier molecular flexibility index (Phi) is 4.48. The molecule has 22 heavy (non-hydrogen) atoms. The molecule has 1 aliphatic heterocycles. The second-order valence-electron chi connectivity index (χ2n) is 6.78. The van der Waals surface area contributed by atoms with E-state index in [-0.39, 0.29) is 6.04 Å². The number of halogens is 2. The molecule has 1 aromatic carbocycles. The van der Waals surface area contributed by atoms with Crippen LogP contribution in [-0.4, -0.2) is 40.7 Å². The lowest BCUT2D eigenvalue weighted by Gasteiger charge is -2.25. The zero-order chi connectivity index (χ0) is 15.9. The summed E-state index contributed by atoms with van der Waals surface area (Å²) in [4.78, 5) is 2.54. The summed E-state index contributed by atoms with van der Waals surface area (Å²) in [7, 11) is 0. The third-order valence-electron chi connectivity index (χ3n) is 4.90. The van der Waals surface area contributed by atoms with Crippen LogP contribution >= 0.6 is 0 Å². The number of aliphatic hydroxyl groups is 1. The molecule has 1 saturated carbocycles. The van der Waals surface area contributed by atoms with E-state index in [1.807, 2.05) is 6.92 Å². The van der Waals surface area contributed by atoms with Crippen molar-refractivity contribution in [2.75, 3.05) is 6.54 Å². The predicted octanol–water partition coefficient (Wildman–Crippen LogP) is 2.60. The molecule has 1 aromatic rings. The third kappa shape index (κ3) is 3.31. The van der Waals surface area contributed by atoms with Gasteiger partial charge in [-0.3, -0.25) is 4.90 Å². The van der Waals surface area contributed by atoms with Crippen molar-refractivity contribution in [2.45, 2.75) is 63.4 Å². The highest BCUT2D eigenvalue weighted by Crippen LogP contribution is 2.33. The summed E-state index contributed by atoms with van der Waals surface area (Å²) in [6.45, 7) is 5.13. The van der Waals surface area contributed by atoms with Gasteiger partial charge in [0.1, 0.15) is 0 Å². The van der Waals surface area contributed by atoms with Gasteiger partial charge in [-0.1, -0.05) is 6.07 Å². The standard InChI is InChI=1S/C17H24F2N2O/c1-10-7-13(9-21(10)14-4-5-14)20-11(2)17(22)12-3-6-15(18)16(19)8-12/h3,6,8,10-11,13-14,17,20,22H,4-5,7,9H2,1-2H3. The maximum Gasteiger partial charge on any atom is 0.159 e. The predicted molar refractivity (Wildman–Crippen MR) is 81.5 cm³/mol. The van der Waals surface area contributed by atoms with Gasteiger partial charge in [0, 0.05) is 30.7 Å². The largest absolute Gasteiger partial charge is 0.387 e. The Labute approximate surface area is 130 Å². The van der Waals surface area contributed by atoms with Crippen LogP contribution in [0.1, 0.15) is 44.8 Å². The summed E-state index contributed by atoms with van der Waals surface area (Å²) >= 11 is 0. The molecule has 0 radical (unpaired) electrons. The van der Waals surface area contributed by atoms with Crippen LogP contribution in [0.25, 0.3) is 0 Å². The summed E-state index contributed by atoms with van der Waals surface area (Å²) < 4.78 is 26.3. The molecular formula is C17H24F2N2O. The number of rotatable bonds is 5. The molecule has 4 unspecified atom stereocenters. The van der Waals surface area contributed by atoms with Gasteiger partial charge in [0.05, 0.1) is 6.10 Å². The second kappa shape index (κ2) is 6.22. The van der Waals surface area contributed by atoms with E-state index >= 15 is 0 Å².